The first-order valence-corrected chi connectivity index (χ1v) is 12.2. The van der Waals surface area contributed by atoms with E-state index >= 15 is 8.78 Å². The number of halogens is 6. The zero-order valence-corrected chi connectivity index (χ0v) is 21.5. The van der Waals surface area contributed by atoms with Crippen molar-refractivity contribution in [3.05, 3.63) is 75.9 Å². The number of amides is 2. The number of aromatic nitrogens is 1. The second-order valence-electron chi connectivity index (χ2n) is 8.71. The van der Waals surface area contributed by atoms with Gasteiger partial charge in [-0.05, 0) is 23.8 Å². The molecule has 1 aliphatic carbocycles. The highest BCUT2D eigenvalue weighted by Gasteiger charge is 2.69. The van der Waals surface area contributed by atoms with Crippen LogP contribution in [0.1, 0.15) is 23.4 Å². The fourth-order valence-electron chi connectivity index (χ4n) is 4.54. The molecule has 15 heteroatoms. The number of hydrogen-bond donors (Lipinski definition) is 2. The van der Waals surface area contributed by atoms with E-state index < -0.39 is 68.5 Å². The summed E-state index contributed by atoms with van der Waals surface area (Å²) in [6.07, 6.45) is -3.48. The van der Waals surface area contributed by atoms with Gasteiger partial charge in [-0.3, -0.25) is 4.79 Å². The third-order valence-corrected chi connectivity index (χ3v) is 7.26. The van der Waals surface area contributed by atoms with E-state index in [0.717, 1.165) is 35.6 Å². The number of alkyl halides is 4. The molecule has 39 heavy (non-hydrogen) atoms. The molecule has 3 N–H and O–H groups in total. The van der Waals surface area contributed by atoms with E-state index in [1.54, 1.807) is 0 Å². The summed E-state index contributed by atoms with van der Waals surface area (Å²) in [7, 11) is 0. The highest BCUT2D eigenvalue weighted by molar-refractivity contribution is 9.11. The third kappa shape index (κ3) is 4.88. The molecule has 0 bridgehead atoms. The van der Waals surface area contributed by atoms with Gasteiger partial charge < -0.3 is 29.6 Å². The number of primary amides is 1. The van der Waals surface area contributed by atoms with Crippen LogP contribution in [0.25, 0.3) is 0 Å². The van der Waals surface area contributed by atoms with Gasteiger partial charge in [0.25, 0.3) is 0 Å². The molecule has 0 radical (unpaired) electrons. The number of oxazole rings is 1. The fourth-order valence-corrected chi connectivity index (χ4v) is 5.28. The molecule has 4 rings (SSSR count). The quantitative estimate of drug-likeness (QED) is 0.434. The Labute approximate surface area is 226 Å². The van der Waals surface area contributed by atoms with Gasteiger partial charge in [0.05, 0.1) is 37.6 Å². The maximum atomic E-state index is 17.2. The van der Waals surface area contributed by atoms with Gasteiger partial charge in [-0.15, -0.1) is 0 Å². The van der Waals surface area contributed by atoms with Crippen LogP contribution in [0.3, 0.4) is 0 Å². The van der Waals surface area contributed by atoms with Gasteiger partial charge in [0.15, 0.2) is 17.3 Å². The summed E-state index contributed by atoms with van der Waals surface area (Å²) in [5.41, 5.74) is -2.40. The Bertz CT molecular complexity index is 1300. The summed E-state index contributed by atoms with van der Waals surface area (Å²) < 4.78 is 88.5. The molecule has 0 spiro atoms. The zero-order chi connectivity index (χ0) is 28.6. The minimum absolute atomic E-state index is 0.0445. The summed E-state index contributed by atoms with van der Waals surface area (Å²) in [6, 6.07) is 2.67. The van der Waals surface area contributed by atoms with Crippen LogP contribution in [0.4, 0.5) is 26.7 Å². The molecule has 9 nitrogen and oxygen atoms in total. The number of rotatable bonds is 7. The van der Waals surface area contributed by atoms with Crippen LogP contribution in [0.2, 0.25) is 0 Å². The molecule has 1 fully saturated rings. The van der Waals surface area contributed by atoms with E-state index in [9.17, 15) is 22.8 Å². The van der Waals surface area contributed by atoms with Crippen molar-refractivity contribution < 1.29 is 50.5 Å². The van der Waals surface area contributed by atoms with Crippen molar-refractivity contribution >= 4 is 27.9 Å². The van der Waals surface area contributed by atoms with E-state index in [2.05, 4.69) is 20.9 Å². The topological polar surface area (TPSA) is 128 Å². The Balaban J connectivity index is 1.73. The molecule has 0 saturated carbocycles. The van der Waals surface area contributed by atoms with Gasteiger partial charge in [0, 0.05) is 17.4 Å². The molecule has 3 unspecified atom stereocenters. The number of hydrogen-bond acceptors (Lipinski definition) is 6. The first-order valence-electron chi connectivity index (χ1n) is 11.4. The Morgan fingerprint density at radius 2 is 1.97 bits per heavy atom. The number of morpholine rings is 1. The molecule has 3 atom stereocenters. The Hall–Kier alpha value is -3.46. The molecule has 2 aliphatic rings. The predicted octanol–water partition coefficient (Wildman–Crippen LogP) is 4.54. The fraction of sp³-hybridized carbons (Fsp3) is 0.375. The monoisotopic (exact) mass is 621 g/mol. The lowest BCUT2D eigenvalue weighted by Crippen LogP contribution is -2.57. The third-order valence-electron chi connectivity index (χ3n) is 6.49. The first-order chi connectivity index (χ1) is 18.3. The summed E-state index contributed by atoms with van der Waals surface area (Å²) >= 11 is 3.00. The Morgan fingerprint density at radius 3 is 2.54 bits per heavy atom. The van der Waals surface area contributed by atoms with E-state index in [-0.39, 0.29) is 32.7 Å². The highest BCUT2D eigenvalue weighted by Crippen LogP contribution is 2.59. The molecule has 1 saturated heterocycles. The van der Waals surface area contributed by atoms with Crippen molar-refractivity contribution in [1.29, 1.82) is 0 Å². The van der Waals surface area contributed by atoms with Crippen LogP contribution in [0.15, 0.2) is 63.3 Å². The van der Waals surface area contributed by atoms with E-state index in [1.165, 1.54) is 0 Å². The molecule has 1 aliphatic heterocycles. The number of carboxylic acid groups (broad SMARTS) is 1. The standard InChI is InChI=1S/C24H21BrF5N3O6/c25-17-11-16(38-8-5-15-12-33(21(35)36)7-10-37-15)18(26)22(19(31)34,20-32-6-9-39-20)23(17,27)13-1-3-14(4-2-13)24(28,29)30/h1-4,6,9,11,15H,5,7-8,10,12H2,(H2,31,34)(H,35,36). The number of benzene rings is 1. The van der Waals surface area contributed by atoms with Crippen molar-refractivity contribution in [3.63, 3.8) is 0 Å². The second kappa shape index (κ2) is 10.6. The summed E-state index contributed by atoms with van der Waals surface area (Å²) in [6.45, 7) is 0.133. The van der Waals surface area contributed by atoms with Crippen molar-refractivity contribution in [2.75, 3.05) is 26.3 Å². The van der Waals surface area contributed by atoms with Gasteiger partial charge >= 0.3 is 12.3 Å². The van der Waals surface area contributed by atoms with Crippen LogP contribution >= 0.6 is 15.9 Å². The Kier molecular flexibility index (Phi) is 7.76. The van der Waals surface area contributed by atoms with Crippen LogP contribution in [-0.2, 0) is 31.5 Å². The lowest BCUT2D eigenvalue weighted by atomic mass is 9.65. The minimum Gasteiger partial charge on any atom is -0.491 e. The smallest absolute Gasteiger partial charge is 0.416 e. The van der Waals surface area contributed by atoms with Gasteiger partial charge in [-0.25, -0.2) is 18.6 Å². The SMILES string of the molecule is NC(=O)C1(c2ncco2)C(F)=C(OCCC2CN(C(=O)O)CCO2)C=C(Br)C1(F)c1ccc(C(F)(F)F)cc1. The second-order valence-corrected chi connectivity index (χ2v) is 9.57. The average Bonchev–Trinajstić information content (AvgIpc) is 3.42. The van der Waals surface area contributed by atoms with Crippen LogP contribution in [0.5, 0.6) is 0 Å². The van der Waals surface area contributed by atoms with Gasteiger partial charge in [-0.1, -0.05) is 28.1 Å². The molecular weight excluding hydrogens is 601 g/mol. The van der Waals surface area contributed by atoms with Crippen LogP contribution in [-0.4, -0.2) is 59.4 Å². The lowest BCUT2D eigenvalue weighted by molar-refractivity contribution is -0.137. The molecule has 2 heterocycles. The average molecular weight is 622 g/mol. The van der Waals surface area contributed by atoms with Crippen molar-refractivity contribution in [2.24, 2.45) is 5.73 Å². The minimum atomic E-state index is -4.74. The first kappa shape index (κ1) is 28.5. The van der Waals surface area contributed by atoms with Gasteiger partial charge in [0.1, 0.15) is 6.26 Å². The van der Waals surface area contributed by atoms with Crippen molar-refractivity contribution in [3.8, 4) is 0 Å². The summed E-state index contributed by atoms with van der Waals surface area (Å²) in [4.78, 5) is 29.1. The normalized spacial score (nSPS) is 25.8. The number of carbonyl (C=O) groups is 2. The molecule has 1 aromatic heterocycles. The van der Waals surface area contributed by atoms with Crippen LogP contribution in [0, 0.1) is 0 Å². The Morgan fingerprint density at radius 1 is 1.28 bits per heavy atom. The van der Waals surface area contributed by atoms with Crippen LogP contribution < -0.4 is 5.73 Å². The maximum absolute atomic E-state index is 17.2. The van der Waals surface area contributed by atoms with Gasteiger partial charge in [-0.2, -0.15) is 13.2 Å². The van der Waals surface area contributed by atoms with Crippen molar-refractivity contribution in [1.82, 2.24) is 9.88 Å². The largest absolute Gasteiger partial charge is 0.491 e. The molecule has 210 valence electrons. The molecule has 2 aromatic rings. The van der Waals surface area contributed by atoms with Gasteiger partial charge in [0.2, 0.25) is 17.2 Å². The summed E-state index contributed by atoms with van der Waals surface area (Å²) in [5.74, 6) is -4.54. The summed E-state index contributed by atoms with van der Waals surface area (Å²) in [5, 5.41) is 9.17. The maximum Gasteiger partial charge on any atom is 0.416 e. The van der Waals surface area contributed by atoms with E-state index in [4.69, 9.17) is 24.7 Å². The predicted molar refractivity (Wildman–Crippen MR) is 127 cm³/mol. The number of nitrogens with zero attached hydrogens (tertiary/aromatic N) is 2. The zero-order valence-electron chi connectivity index (χ0n) is 19.9. The van der Waals surface area contributed by atoms with E-state index in [1.807, 2.05) is 0 Å². The molecule has 2 amide bonds. The van der Waals surface area contributed by atoms with Crippen molar-refractivity contribution in [2.45, 2.75) is 29.8 Å². The number of nitrogens with two attached hydrogens (primary N) is 1. The molecule has 1 aromatic carbocycles. The highest BCUT2D eigenvalue weighted by atomic mass is 79.9. The molecular formula is C24H21BrF5N3O6. The van der Waals surface area contributed by atoms with E-state index in [0.29, 0.717) is 12.1 Å². The number of allylic oxidation sites excluding steroid dienone is 2. The number of carbonyl (C=O) groups excluding carboxylic acids is 1. The number of ether oxygens (including phenoxy) is 2. The lowest BCUT2D eigenvalue weighted by Gasteiger charge is -2.42.